The number of hydrogen-bond acceptors (Lipinski definition) is 5. The number of nitrogens with one attached hydrogen (secondary N) is 1. The Morgan fingerprint density at radius 3 is 2.68 bits per heavy atom. The Hall–Kier alpha value is -1.20. The SMILES string of the molecule is Cc1cnc(C(C)NCc2csc(C(C)(C)C)n2)o1. The highest BCUT2D eigenvalue weighted by atomic mass is 32.1. The molecule has 0 radical (unpaired) electrons. The minimum absolute atomic E-state index is 0.0912. The molecule has 0 aromatic carbocycles. The average Bonchev–Trinajstić information content (AvgIpc) is 2.93. The topological polar surface area (TPSA) is 51.0 Å². The zero-order valence-electron chi connectivity index (χ0n) is 12.2. The Bertz CT molecular complexity index is 539. The summed E-state index contributed by atoms with van der Waals surface area (Å²) in [5, 5.41) is 6.66. The maximum Gasteiger partial charge on any atom is 0.211 e. The molecule has 0 fully saturated rings. The maximum absolute atomic E-state index is 5.50. The summed E-state index contributed by atoms with van der Waals surface area (Å²) in [5.41, 5.74) is 1.19. The van der Waals surface area contributed by atoms with Crippen molar-refractivity contribution < 1.29 is 4.42 Å². The summed E-state index contributed by atoms with van der Waals surface area (Å²) >= 11 is 1.72. The fourth-order valence-corrected chi connectivity index (χ4v) is 2.56. The molecule has 19 heavy (non-hydrogen) atoms. The van der Waals surface area contributed by atoms with Crippen LogP contribution in [0.4, 0.5) is 0 Å². The van der Waals surface area contributed by atoms with E-state index in [1.807, 2.05) is 13.8 Å². The number of oxazole rings is 1. The van der Waals surface area contributed by atoms with Crippen LogP contribution in [-0.2, 0) is 12.0 Å². The zero-order valence-corrected chi connectivity index (χ0v) is 13.0. The molecular weight excluding hydrogens is 258 g/mol. The molecule has 0 aliphatic carbocycles. The molecule has 5 heteroatoms. The van der Waals surface area contributed by atoms with Gasteiger partial charge in [0.05, 0.1) is 22.9 Å². The summed E-state index contributed by atoms with van der Waals surface area (Å²) in [6.07, 6.45) is 1.74. The Balaban J connectivity index is 1.94. The van der Waals surface area contributed by atoms with Gasteiger partial charge in [0.15, 0.2) is 0 Å². The molecule has 0 saturated carbocycles. The predicted octanol–water partition coefficient (Wildman–Crippen LogP) is 3.59. The van der Waals surface area contributed by atoms with E-state index in [0.717, 1.165) is 23.9 Å². The first-order chi connectivity index (χ1) is 8.86. The van der Waals surface area contributed by atoms with E-state index in [4.69, 9.17) is 4.42 Å². The summed E-state index contributed by atoms with van der Waals surface area (Å²) in [6.45, 7) is 11.2. The van der Waals surface area contributed by atoms with Crippen molar-refractivity contribution in [1.82, 2.24) is 15.3 Å². The van der Waals surface area contributed by atoms with Gasteiger partial charge in [-0.15, -0.1) is 11.3 Å². The van der Waals surface area contributed by atoms with Crippen LogP contribution in [0.3, 0.4) is 0 Å². The highest BCUT2D eigenvalue weighted by Gasteiger charge is 2.18. The van der Waals surface area contributed by atoms with Crippen LogP contribution in [0.25, 0.3) is 0 Å². The largest absolute Gasteiger partial charge is 0.444 e. The van der Waals surface area contributed by atoms with E-state index in [2.05, 4.69) is 41.4 Å². The van der Waals surface area contributed by atoms with E-state index in [0.29, 0.717) is 0 Å². The normalized spacial score (nSPS) is 13.7. The van der Waals surface area contributed by atoms with Crippen molar-refractivity contribution in [3.8, 4) is 0 Å². The Kier molecular flexibility index (Phi) is 4.06. The molecule has 104 valence electrons. The van der Waals surface area contributed by atoms with Gasteiger partial charge in [0.2, 0.25) is 5.89 Å². The van der Waals surface area contributed by atoms with E-state index in [1.54, 1.807) is 17.5 Å². The van der Waals surface area contributed by atoms with Gasteiger partial charge in [-0.1, -0.05) is 20.8 Å². The lowest BCUT2D eigenvalue weighted by Gasteiger charge is -2.13. The van der Waals surface area contributed by atoms with Crippen LogP contribution < -0.4 is 5.32 Å². The molecule has 0 bridgehead atoms. The van der Waals surface area contributed by atoms with Crippen LogP contribution in [0, 0.1) is 6.92 Å². The second-order valence-electron chi connectivity index (χ2n) is 5.81. The fraction of sp³-hybridized carbons (Fsp3) is 0.571. The van der Waals surface area contributed by atoms with Gasteiger partial charge in [0.1, 0.15) is 5.76 Å². The van der Waals surface area contributed by atoms with E-state index in [-0.39, 0.29) is 11.5 Å². The van der Waals surface area contributed by atoms with Gasteiger partial charge in [-0.2, -0.15) is 0 Å². The predicted molar refractivity (Wildman–Crippen MR) is 77.3 cm³/mol. The third-order valence-corrected chi connectivity index (χ3v) is 4.11. The number of thiazole rings is 1. The first kappa shape index (κ1) is 14.2. The molecule has 2 aromatic rings. The lowest BCUT2D eigenvalue weighted by Crippen LogP contribution is -2.19. The van der Waals surface area contributed by atoms with Crippen molar-refractivity contribution in [2.75, 3.05) is 0 Å². The lowest BCUT2D eigenvalue weighted by atomic mass is 9.98. The molecule has 2 aromatic heterocycles. The Morgan fingerprint density at radius 2 is 2.16 bits per heavy atom. The molecule has 2 rings (SSSR count). The van der Waals surface area contributed by atoms with Crippen molar-refractivity contribution in [3.63, 3.8) is 0 Å². The lowest BCUT2D eigenvalue weighted by molar-refractivity contribution is 0.401. The van der Waals surface area contributed by atoms with E-state index < -0.39 is 0 Å². The van der Waals surface area contributed by atoms with Crippen LogP contribution in [0.2, 0.25) is 0 Å². The van der Waals surface area contributed by atoms with Crippen molar-refractivity contribution in [2.24, 2.45) is 0 Å². The maximum atomic E-state index is 5.50. The minimum Gasteiger partial charge on any atom is -0.444 e. The van der Waals surface area contributed by atoms with Crippen LogP contribution in [-0.4, -0.2) is 9.97 Å². The summed E-state index contributed by atoms with van der Waals surface area (Å²) < 4.78 is 5.50. The highest BCUT2D eigenvalue weighted by Crippen LogP contribution is 2.25. The van der Waals surface area contributed by atoms with E-state index >= 15 is 0 Å². The molecule has 4 nitrogen and oxygen atoms in total. The average molecular weight is 279 g/mol. The Morgan fingerprint density at radius 1 is 1.42 bits per heavy atom. The number of aromatic nitrogens is 2. The second kappa shape index (κ2) is 5.43. The Labute approximate surface area is 118 Å². The van der Waals surface area contributed by atoms with Crippen molar-refractivity contribution in [2.45, 2.75) is 52.6 Å². The van der Waals surface area contributed by atoms with Crippen LogP contribution in [0.15, 0.2) is 16.0 Å². The van der Waals surface area contributed by atoms with Gasteiger partial charge in [-0.3, -0.25) is 0 Å². The van der Waals surface area contributed by atoms with Crippen molar-refractivity contribution >= 4 is 11.3 Å². The van der Waals surface area contributed by atoms with Gasteiger partial charge < -0.3 is 9.73 Å². The van der Waals surface area contributed by atoms with Gasteiger partial charge in [0, 0.05) is 17.3 Å². The first-order valence-corrected chi connectivity index (χ1v) is 7.35. The molecule has 0 aliphatic heterocycles. The summed E-state index contributed by atoms with van der Waals surface area (Å²) in [7, 11) is 0. The molecule has 0 amide bonds. The number of rotatable bonds is 4. The van der Waals surface area contributed by atoms with Crippen molar-refractivity contribution in [3.05, 3.63) is 33.9 Å². The van der Waals surface area contributed by atoms with E-state index in [1.165, 1.54) is 5.01 Å². The molecule has 0 aliphatic rings. The molecule has 1 unspecified atom stereocenters. The first-order valence-electron chi connectivity index (χ1n) is 6.47. The van der Waals surface area contributed by atoms with Crippen molar-refractivity contribution in [1.29, 1.82) is 0 Å². The summed E-state index contributed by atoms with van der Waals surface area (Å²) in [6, 6.07) is 0.0912. The number of aryl methyl sites for hydroxylation is 1. The van der Waals surface area contributed by atoms with E-state index in [9.17, 15) is 0 Å². The third kappa shape index (κ3) is 3.64. The minimum atomic E-state index is 0.0912. The summed E-state index contributed by atoms with van der Waals surface area (Å²) in [4.78, 5) is 8.88. The molecule has 0 saturated heterocycles. The number of nitrogens with zero attached hydrogens (tertiary/aromatic N) is 2. The zero-order chi connectivity index (χ0) is 14.0. The monoisotopic (exact) mass is 279 g/mol. The van der Waals surface area contributed by atoms with Crippen LogP contribution in [0.5, 0.6) is 0 Å². The summed E-state index contributed by atoms with van der Waals surface area (Å²) in [5.74, 6) is 1.57. The van der Waals surface area contributed by atoms with Gasteiger partial charge in [-0.05, 0) is 13.8 Å². The van der Waals surface area contributed by atoms with Crippen LogP contribution in [0.1, 0.15) is 56.1 Å². The smallest absolute Gasteiger partial charge is 0.211 e. The quantitative estimate of drug-likeness (QED) is 0.929. The fourth-order valence-electron chi connectivity index (χ4n) is 1.65. The van der Waals surface area contributed by atoms with Gasteiger partial charge in [0.25, 0.3) is 0 Å². The second-order valence-corrected chi connectivity index (χ2v) is 6.66. The number of hydrogen-bond donors (Lipinski definition) is 1. The molecular formula is C14H21N3OS. The van der Waals surface area contributed by atoms with Gasteiger partial charge >= 0.3 is 0 Å². The molecule has 1 N–H and O–H groups in total. The molecule has 0 spiro atoms. The standard InChI is InChI=1S/C14H21N3OS/c1-9-6-16-12(18-9)10(2)15-7-11-8-19-13(17-11)14(3,4)5/h6,8,10,15H,7H2,1-5H3. The molecule has 1 atom stereocenters. The van der Waals surface area contributed by atoms with Crippen LogP contribution >= 0.6 is 11.3 Å². The molecule has 2 heterocycles. The highest BCUT2D eigenvalue weighted by molar-refractivity contribution is 7.09. The van der Waals surface area contributed by atoms with Gasteiger partial charge in [-0.25, -0.2) is 9.97 Å². The third-order valence-electron chi connectivity index (χ3n) is 2.79.